The molecule has 1 aliphatic carbocycles. The Labute approximate surface area is 188 Å². The van der Waals surface area contributed by atoms with Crippen molar-refractivity contribution in [3.8, 4) is 11.3 Å². The molecule has 1 atom stereocenters. The average molecular weight is 461 g/mol. The molecule has 9 heteroatoms. The highest BCUT2D eigenvalue weighted by Crippen LogP contribution is 2.41. The predicted octanol–water partition coefficient (Wildman–Crippen LogP) is 4.93. The number of hydrogen-bond acceptors (Lipinski definition) is 3. The molecule has 3 aromatic rings. The summed E-state index contributed by atoms with van der Waals surface area (Å²) in [6.07, 6.45) is -2.74. The zero-order valence-electron chi connectivity index (χ0n) is 18.1. The van der Waals surface area contributed by atoms with Gasteiger partial charge in [-0.1, -0.05) is 12.1 Å². The van der Waals surface area contributed by atoms with Crippen LogP contribution < -0.4 is 5.32 Å². The summed E-state index contributed by atoms with van der Waals surface area (Å²) in [6, 6.07) is 9.83. The summed E-state index contributed by atoms with van der Waals surface area (Å²) in [6.45, 7) is 1.27. The molecule has 2 N–H and O–H groups in total. The number of amides is 1. The topological polar surface area (TPSA) is 67.2 Å². The van der Waals surface area contributed by atoms with Crippen LogP contribution in [0.4, 0.5) is 17.6 Å². The molecule has 4 rings (SSSR count). The van der Waals surface area contributed by atoms with Crippen LogP contribution in [-0.2, 0) is 19.8 Å². The Morgan fingerprint density at radius 2 is 1.94 bits per heavy atom. The summed E-state index contributed by atoms with van der Waals surface area (Å²) >= 11 is 0. The van der Waals surface area contributed by atoms with Gasteiger partial charge in [0, 0.05) is 18.2 Å². The van der Waals surface area contributed by atoms with E-state index in [1.807, 2.05) is 0 Å². The van der Waals surface area contributed by atoms with E-state index in [-0.39, 0.29) is 35.6 Å². The molecule has 0 bridgehead atoms. The van der Waals surface area contributed by atoms with Crippen molar-refractivity contribution in [2.75, 3.05) is 0 Å². The third-order valence-electron chi connectivity index (χ3n) is 5.82. The predicted molar refractivity (Wildman–Crippen MR) is 114 cm³/mol. The molecule has 1 amide bonds. The van der Waals surface area contributed by atoms with Gasteiger partial charge in [0.05, 0.1) is 18.3 Å². The number of alkyl halides is 3. The normalized spacial score (nSPS) is 14.9. The van der Waals surface area contributed by atoms with Crippen molar-refractivity contribution in [1.29, 1.82) is 0 Å². The van der Waals surface area contributed by atoms with Crippen LogP contribution in [0.15, 0.2) is 42.5 Å². The lowest BCUT2D eigenvalue weighted by molar-refractivity contribution is -0.141. The van der Waals surface area contributed by atoms with Gasteiger partial charge in [0.25, 0.3) is 5.91 Å². The summed E-state index contributed by atoms with van der Waals surface area (Å²) < 4.78 is 54.1. The second-order valence-corrected chi connectivity index (χ2v) is 8.41. The van der Waals surface area contributed by atoms with E-state index in [4.69, 9.17) is 0 Å². The van der Waals surface area contributed by atoms with Gasteiger partial charge >= 0.3 is 6.18 Å². The van der Waals surface area contributed by atoms with Crippen molar-refractivity contribution in [3.05, 3.63) is 76.2 Å². The number of nitrogens with one attached hydrogen (secondary N) is 1. The number of aryl methyl sites for hydroxylation is 2. The fourth-order valence-electron chi connectivity index (χ4n) is 3.93. The molecule has 1 unspecified atom stereocenters. The van der Waals surface area contributed by atoms with Gasteiger partial charge in [0.2, 0.25) is 0 Å². The van der Waals surface area contributed by atoms with E-state index in [1.54, 1.807) is 19.1 Å². The molecule has 1 aliphatic rings. The number of benzene rings is 2. The van der Waals surface area contributed by atoms with E-state index >= 15 is 0 Å². The molecule has 5 nitrogen and oxygen atoms in total. The summed E-state index contributed by atoms with van der Waals surface area (Å²) in [5, 5.41) is 16.2. The number of carbonyl (C=O) groups excluding carboxylic acids is 1. The molecule has 1 heterocycles. The molecule has 1 fully saturated rings. The third kappa shape index (κ3) is 4.93. The number of aliphatic hydroxyl groups excluding tert-OH is 1. The number of aromatic nitrogens is 2. The minimum atomic E-state index is -4.60. The van der Waals surface area contributed by atoms with Crippen LogP contribution in [-0.4, -0.2) is 20.8 Å². The minimum absolute atomic E-state index is 0.166. The lowest BCUT2D eigenvalue weighted by Crippen LogP contribution is -2.30. The molecule has 2 aromatic carbocycles. The number of nitrogens with zero attached hydrogens (tertiary/aromatic N) is 2. The maximum absolute atomic E-state index is 13.7. The minimum Gasteiger partial charge on any atom is -0.392 e. The van der Waals surface area contributed by atoms with E-state index in [9.17, 15) is 27.5 Å². The summed E-state index contributed by atoms with van der Waals surface area (Å²) in [7, 11) is 1.38. The van der Waals surface area contributed by atoms with E-state index in [0.717, 1.165) is 29.2 Å². The van der Waals surface area contributed by atoms with E-state index in [2.05, 4.69) is 10.4 Å². The first-order valence-electron chi connectivity index (χ1n) is 10.5. The van der Waals surface area contributed by atoms with Crippen LogP contribution >= 0.6 is 0 Å². The third-order valence-corrected chi connectivity index (χ3v) is 5.82. The quantitative estimate of drug-likeness (QED) is 0.512. The van der Waals surface area contributed by atoms with Crippen molar-refractivity contribution in [3.63, 3.8) is 0 Å². The second-order valence-electron chi connectivity index (χ2n) is 8.41. The van der Waals surface area contributed by atoms with Crippen LogP contribution in [0.3, 0.4) is 0 Å². The zero-order valence-corrected chi connectivity index (χ0v) is 18.1. The molecule has 0 radical (unpaired) electrons. The van der Waals surface area contributed by atoms with Gasteiger partial charge in [-0.2, -0.15) is 18.3 Å². The van der Waals surface area contributed by atoms with Crippen molar-refractivity contribution < 1.29 is 27.5 Å². The Bertz CT molecular complexity index is 1200. The average Bonchev–Trinajstić information content (AvgIpc) is 3.53. The van der Waals surface area contributed by atoms with E-state index in [1.165, 1.54) is 31.3 Å². The Hall–Kier alpha value is -3.20. The maximum Gasteiger partial charge on any atom is 0.435 e. The fourth-order valence-corrected chi connectivity index (χ4v) is 3.93. The summed E-state index contributed by atoms with van der Waals surface area (Å²) in [5.41, 5.74) is 1.32. The summed E-state index contributed by atoms with van der Waals surface area (Å²) in [5.74, 6) is -0.524. The molecule has 1 aromatic heterocycles. The number of carbonyl (C=O) groups is 1. The standard InChI is InChI=1S/C24H23F4N3O2/c1-13-7-16(5-6-19(13)25)22(15-3-4-15)29-23(33)18-9-14(12-32)8-17(10-18)20-11-21(24(26,27)28)30-31(20)2/h5-11,15,22,32H,3-4,12H2,1-2H3,(H,29,33). The number of aliphatic hydroxyl groups is 1. The first-order valence-corrected chi connectivity index (χ1v) is 10.5. The molecule has 0 aliphatic heterocycles. The highest BCUT2D eigenvalue weighted by molar-refractivity contribution is 5.96. The lowest BCUT2D eigenvalue weighted by atomic mass is 9.98. The molecule has 33 heavy (non-hydrogen) atoms. The van der Waals surface area contributed by atoms with Crippen molar-refractivity contribution in [1.82, 2.24) is 15.1 Å². The van der Waals surface area contributed by atoms with E-state index in [0.29, 0.717) is 16.7 Å². The molecule has 174 valence electrons. The van der Waals surface area contributed by atoms with Gasteiger partial charge in [0.1, 0.15) is 5.82 Å². The van der Waals surface area contributed by atoms with Gasteiger partial charge in [-0.3, -0.25) is 9.48 Å². The Morgan fingerprint density at radius 3 is 2.52 bits per heavy atom. The molecule has 0 spiro atoms. The molecule has 0 saturated heterocycles. The largest absolute Gasteiger partial charge is 0.435 e. The molecular formula is C24H23F4N3O2. The zero-order chi connectivity index (χ0) is 23.9. The van der Waals surface area contributed by atoms with Crippen LogP contribution in [0, 0.1) is 18.7 Å². The second kappa shape index (κ2) is 8.62. The van der Waals surface area contributed by atoms with Gasteiger partial charge in [-0.05, 0) is 72.7 Å². The summed E-state index contributed by atoms with van der Waals surface area (Å²) in [4.78, 5) is 13.1. The highest BCUT2D eigenvalue weighted by atomic mass is 19.4. The van der Waals surface area contributed by atoms with Gasteiger partial charge in [-0.15, -0.1) is 0 Å². The van der Waals surface area contributed by atoms with Gasteiger partial charge in [0.15, 0.2) is 5.69 Å². The Morgan fingerprint density at radius 1 is 1.21 bits per heavy atom. The van der Waals surface area contributed by atoms with Crippen LogP contribution in [0.5, 0.6) is 0 Å². The lowest BCUT2D eigenvalue weighted by Gasteiger charge is -2.20. The number of hydrogen-bond donors (Lipinski definition) is 2. The Balaban J connectivity index is 1.66. The number of halogens is 4. The van der Waals surface area contributed by atoms with Crippen molar-refractivity contribution in [2.45, 2.75) is 38.6 Å². The van der Waals surface area contributed by atoms with Gasteiger partial charge in [-0.25, -0.2) is 4.39 Å². The van der Waals surface area contributed by atoms with E-state index < -0.39 is 17.8 Å². The SMILES string of the molecule is Cc1cc(C(NC(=O)c2cc(CO)cc(-c3cc(C(F)(F)F)nn3C)c2)C2CC2)ccc1F. The van der Waals surface area contributed by atoms with Crippen molar-refractivity contribution >= 4 is 5.91 Å². The fraction of sp³-hybridized carbons (Fsp3) is 0.333. The monoisotopic (exact) mass is 461 g/mol. The molecular weight excluding hydrogens is 438 g/mol. The van der Waals surface area contributed by atoms with Crippen LogP contribution in [0.1, 0.15) is 51.6 Å². The molecule has 1 saturated carbocycles. The van der Waals surface area contributed by atoms with Crippen LogP contribution in [0.25, 0.3) is 11.3 Å². The first kappa shape index (κ1) is 23.0. The Kier molecular flexibility index (Phi) is 6.00. The highest BCUT2D eigenvalue weighted by Gasteiger charge is 2.35. The van der Waals surface area contributed by atoms with Crippen LogP contribution in [0.2, 0.25) is 0 Å². The number of rotatable bonds is 6. The van der Waals surface area contributed by atoms with Crippen molar-refractivity contribution in [2.24, 2.45) is 13.0 Å². The maximum atomic E-state index is 13.7. The van der Waals surface area contributed by atoms with Gasteiger partial charge < -0.3 is 10.4 Å². The first-order chi connectivity index (χ1) is 15.6. The smallest absolute Gasteiger partial charge is 0.392 e.